The van der Waals surface area contributed by atoms with E-state index in [1.54, 1.807) is 7.11 Å². The van der Waals surface area contributed by atoms with E-state index in [-0.39, 0.29) is 12.2 Å². The van der Waals surface area contributed by atoms with E-state index in [1.165, 1.54) is 5.56 Å². The molecular formula is C20H31NO3. The molecule has 134 valence electrons. The van der Waals surface area contributed by atoms with Gasteiger partial charge in [0.05, 0.1) is 6.10 Å². The number of likely N-dealkylation sites (tertiary alicyclic amines) is 1. The van der Waals surface area contributed by atoms with Gasteiger partial charge in [-0.05, 0) is 57.9 Å². The average molecular weight is 333 g/mol. The van der Waals surface area contributed by atoms with Crippen LogP contribution in [0, 0.1) is 5.92 Å². The third-order valence-corrected chi connectivity index (χ3v) is 4.58. The summed E-state index contributed by atoms with van der Waals surface area (Å²) in [5.74, 6) is 0.511. The number of piperidine rings is 1. The Kier molecular flexibility index (Phi) is 6.67. The monoisotopic (exact) mass is 333 g/mol. The van der Waals surface area contributed by atoms with E-state index in [0.29, 0.717) is 5.92 Å². The highest BCUT2D eigenvalue weighted by atomic mass is 16.6. The molecular weight excluding hydrogens is 302 g/mol. The summed E-state index contributed by atoms with van der Waals surface area (Å²) < 4.78 is 11.2. The van der Waals surface area contributed by atoms with Gasteiger partial charge in [-0.15, -0.1) is 0 Å². The standard InChI is InChI=1S/C20H31NO3/c1-20(2,3)24-19(22)21-14-12-17(13-15-21)18(23-4)11-10-16-8-6-5-7-9-16/h5-9,17-18H,10-15H2,1-4H3/t18-/m1/s1. The van der Waals surface area contributed by atoms with Crippen LogP contribution < -0.4 is 0 Å². The van der Waals surface area contributed by atoms with Gasteiger partial charge < -0.3 is 14.4 Å². The lowest BCUT2D eigenvalue weighted by molar-refractivity contribution is -0.00373. The molecule has 0 spiro atoms. The van der Waals surface area contributed by atoms with E-state index in [1.807, 2.05) is 31.7 Å². The first kappa shape index (κ1) is 18.8. The van der Waals surface area contributed by atoms with Gasteiger partial charge in [0.25, 0.3) is 0 Å². The van der Waals surface area contributed by atoms with Crippen molar-refractivity contribution in [2.45, 2.75) is 58.2 Å². The van der Waals surface area contributed by atoms with E-state index in [0.717, 1.165) is 38.8 Å². The average Bonchev–Trinajstić information content (AvgIpc) is 2.55. The van der Waals surface area contributed by atoms with Crippen LogP contribution in [0.5, 0.6) is 0 Å². The number of hydrogen-bond donors (Lipinski definition) is 0. The first-order valence-corrected chi connectivity index (χ1v) is 8.93. The number of carbonyl (C=O) groups excluding carboxylic acids is 1. The fourth-order valence-electron chi connectivity index (χ4n) is 3.28. The molecule has 0 unspecified atom stereocenters. The molecule has 1 aromatic rings. The van der Waals surface area contributed by atoms with Crippen molar-refractivity contribution >= 4 is 6.09 Å². The van der Waals surface area contributed by atoms with Crippen LogP contribution in [-0.4, -0.2) is 42.9 Å². The summed E-state index contributed by atoms with van der Waals surface area (Å²) >= 11 is 0. The molecule has 1 heterocycles. The van der Waals surface area contributed by atoms with Gasteiger partial charge in [-0.1, -0.05) is 30.3 Å². The van der Waals surface area contributed by atoms with Gasteiger partial charge in [0.2, 0.25) is 0 Å². The van der Waals surface area contributed by atoms with Gasteiger partial charge in [0.15, 0.2) is 0 Å². The quantitative estimate of drug-likeness (QED) is 0.807. The van der Waals surface area contributed by atoms with Crippen molar-refractivity contribution in [3.8, 4) is 0 Å². The fourth-order valence-corrected chi connectivity index (χ4v) is 3.28. The SMILES string of the molecule is CO[C@H](CCc1ccccc1)C1CCN(C(=O)OC(C)(C)C)CC1. The zero-order chi connectivity index (χ0) is 17.6. The van der Waals surface area contributed by atoms with E-state index in [9.17, 15) is 4.79 Å². The zero-order valence-electron chi connectivity index (χ0n) is 15.5. The maximum absolute atomic E-state index is 12.1. The largest absolute Gasteiger partial charge is 0.444 e. The Balaban J connectivity index is 1.80. The lowest BCUT2D eigenvalue weighted by Gasteiger charge is -2.36. The van der Waals surface area contributed by atoms with Crippen LogP contribution in [0.2, 0.25) is 0 Å². The summed E-state index contributed by atoms with van der Waals surface area (Å²) in [7, 11) is 1.80. The number of ether oxygens (including phenoxy) is 2. The molecule has 0 bridgehead atoms. The number of nitrogens with zero attached hydrogens (tertiary/aromatic N) is 1. The highest BCUT2D eigenvalue weighted by Crippen LogP contribution is 2.26. The maximum Gasteiger partial charge on any atom is 0.410 e. The van der Waals surface area contributed by atoms with E-state index < -0.39 is 5.60 Å². The molecule has 1 saturated heterocycles. The molecule has 1 amide bonds. The lowest BCUT2D eigenvalue weighted by atomic mass is 9.88. The number of benzene rings is 1. The molecule has 1 atom stereocenters. The molecule has 4 nitrogen and oxygen atoms in total. The van der Waals surface area contributed by atoms with Gasteiger partial charge in [-0.25, -0.2) is 4.79 Å². The third kappa shape index (κ3) is 5.82. The second kappa shape index (κ2) is 8.52. The van der Waals surface area contributed by atoms with Crippen molar-refractivity contribution < 1.29 is 14.3 Å². The Hall–Kier alpha value is -1.55. The van der Waals surface area contributed by atoms with Crippen LogP contribution in [0.15, 0.2) is 30.3 Å². The summed E-state index contributed by atoms with van der Waals surface area (Å²) in [6.45, 7) is 7.22. The first-order valence-electron chi connectivity index (χ1n) is 8.93. The molecule has 1 fully saturated rings. The van der Waals surface area contributed by atoms with Gasteiger partial charge >= 0.3 is 6.09 Å². The first-order chi connectivity index (χ1) is 11.4. The third-order valence-electron chi connectivity index (χ3n) is 4.58. The van der Waals surface area contributed by atoms with Crippen molar-refractivity contribution in [1.82, 2.24) is 4.90 Å². The number of methoxy groups -OCH3 is 1. The predicted octanol–water partition coefficient (Wildman–Crippen LogP) is 4.28. The number of carbonyl (C=O) groups is 1. The normalized spacial score (nSPS) is 17.6. The maximum atomic E-state index is 12.1. The van der Waals surface area contributed by atoms with Gasteiger partial charge in [0, 0.05) is 20.2 Å². The molecule has 1 aliphatic rings. The number of hydrogen-bond acceptors (Lipinski definition) is 3. The molecule has 2 rings (SSSR count). The van der Waals surface area contributed by atoms with Crippen LogP contribution in [0.1, 0.15) is 45.6 Å². The fraction of sp³-hybridized carbons (Fsp3) is 0.650. The van der Waals surface area contributed by atoms with Crippen LogP contribution in [0.4, 0.5) is 4.79 Å². The van der Waals surface area contributed by atoms with E-state index >= 15 is 0 Å². The van der Waals surface area contributed by atoms with Gasteiger partial charge in [0.1, 0.15) is 5.60 Å². The molecule has 1 aliphatic heterocycles. The number of rotatable bonds is 5. The number of aryl methyl sites for hydroxylation is 1. The van der Waals surface area contributed by atoms with Crippen molar-refractivity contribution in [3.05, 3.63) is 35.9 Å². The topological polar surface area (TPSA) is 38.8 Å². The number of amides is 1. The molecule has 0 aromatic heterocycles. The summed E-state index contributed by atoms with van der Waals surface area (Å²) in [4.78, 5) is 14.0. The second-order valence-corrected chi connectivity index (χ2v) is 7.60. The minimum atomic E-state index is -0.432. The van der Waals surface area contributed by atoms with Crippen LogP contribution >= 0.6 is 0 Å². The Labute approximate surface area is 146 Å². The minimum absolute atomic E-state index is 0.195. The minimum Gasteiger partial charge on any atom is -0.444 e. The van der Waals surface area contributed by atoms with Crippen LogP contribution in [-0.2, 0) is 15.9 Å². The molecule has 0 aliphatic carbocycles. The summed E-state index contributed by atoms with van der Waals surface area (Å²) in [5.41, 5.74) is 0.921. The Morgan fingerprint density at radius 3 is 2.38 bits per heavy atom. The Morgan fingerprint density at radius 2 is 1.83 bits per heavy atom. The van der Waals surface area contributed by atoms with Crippen molar-refractivity contribution in [1.29, 1.82) is 0 Å². The Bertz CT molecular complexity index is 501. The van der Waals surface area contributed by atoms with Crippen molar-refractivity contribution in [2.75, 3.05) is 20.2 Å². The highest BCUT2D eigenvalue weighted by molar-refractivity contribution is 5.68. The molecule has 1 aromatic carbocycles. The molecule has 0 N–H and O–H groups in total. The summed E-state index contributed by atoms with van der Waals surface area (Å²) in [5, 5.41) is 0. The van der Waals surface area contributed by atoms with Crippen LogP contribution in [0.25, 0.3) is 0 Å². The lowest BCUT2D eigenvalue weighted by Crippen LogP contribution is -2.44. The van der Waals surface area contributed by atoms with Crippen molar-refractivity contribution in [3.63, 3.8) is 0 Å². The highest BCUT2D eigenvalue weighted by Gasteiger charge is 2.30. The molecule has 0 radical (unpaired) electrons. The summed E-state index contributed by atoms with van der Waals surface area (Å²) in [6.07, 6.45) is 4.08. The van der Waals surface area contributed by atoms with Crippen molar-refractivity contribution in [2.24, 2.45) is 5.92 Å². The van der Waals surface area contributed by atoms with Crippen LogP contribution in [0.3, 0.4) is 0 Å². The van der Waals surface area contributed by atoms with Gasteiger partial charge in [-0.3, -0.25) is 0 Å². The van der Waals surface area contributed by atoms with Gasteiger partial charge in [-0.2, -0.15) is 0 Å². The smallest absolute Gasteiger partial charge is 0.410 e. The predicted molar refractivity (Wildman–Crippen MR) is 96.1 cm³/mol. The molecule has 4 heteroatoms. The Morgan fingerprint density at radius 1 is 1.21 bits per heavy atom. The molecule has 24 heavy (non-hydrogen) atoms. The van der Waals surface area contributed by atoms with E-state index in [4.69, 9.17) is 9.47 Å². The zero-order valence-corrected chi connectivity index (χ0v) is 15.5. The summed E-state index contributed by atoms with van der Waals surface area (Å²) in [6, 6.07) is 10.5. The second-order valence-electron chi connectivity index (χ2n) is 7.60. The molecule has 0 saturated carbocycles. The van der Waals surface area contributed by atoms with E-state index in [2.05, 4.69) is 24.3 Å².